The highest BCUT2D eigenvalue weighted by Crippen LogP contribution is 2.33. The van der Waals surface area contributed by atoms with Crippen molar-refractivity contribution in [2.24, 2.45) is 0 Å². The number of phenolic OH excluding ortho intramolecular Hbond substituents is 1. The number of rotatable bonds is 2. The Kier molecular flexibility index (Phi) is 3.13. The average molecular weight is 319 g/mol. The van der Waals surface area contributed by atoms with E-state index in [-0.39, 0.29) is 11.7 Å². The normalized spacial score (nSPS) is 11.6. The summed E-state index contributed by atoms with van der Waals surface area (Å²) in [6.45, 7) is 4.17. The molecule has 0 aliphatic rings. The third-order valence-electron chi connectivity index (χ3n) is 4.16. The van der Waals surface area contributed by atoms with Crippen LogP contribution >= 0.6 is 0 Å². The van der Waals surface area contributed by atoms with Crippen molar-refractivity contribution in [3.63, 3.8) is 0 Å². The first kappa shape index (κ1) is 14.4. The minimum absolute atomic E-state index is 0.232. The van der Waals surface area contributed by atoms with Crippen LogP contribution in [0.4, 0.5) is 0 Å². The Morgan fingerprint density at radius 1 is 1.04 bits per heavy atom. The number of phenols is 1. The van der Waals surface area contributed by atoms with Crippen LogP contribution in [0.5, 0.6) is 5.75 Å². The third kappa shape index (κ3) is 2.15. The van der Waals surface area contributed by atoms with Crippen LogP contribution in [0.25, 0.3) is 33.1 Å². The molecule has 120 valence electrons. The van der Waals surface area contributed by atoms with Crippen LogP contribution in [0.3, 0.4) is 0 Å². The van der Waals surface area contributed by atoms with Crippen LogP contribution in [-0.4, -0.2) is 25.0 Å². The largest absolute Gasteiger partial charge is 0.508 e. The molecule has 0 aliphatic carbocycles. The van der Waals surface area contributed by atoms with Gasteiger partial charge in [-0.15, -0.1) is 5.10 Å². The van der Waals surface area contributed by atoms with Crippen LogP contribution in [0, 0.1) is 0 Å². The van der Waals surface area contributed by atoms with Crippen LogP contribution < -0.4 is 5.84 Å². The van der Waals surface area contributed by atoms with Crippen molar-refractivity contribution in [2.45, 2.75) is 19.8 Å². The Hall–Kier alpha value is -3.15. The number of hydrogen-bond acceptors (Lipinski definition) is 5. The molecule has 0 saturated carbocycles. The fraction of sp³-hybridized carbons (Fsp3) is 0.167. The van der Waals surface area contributed by atoms with E-state index in [0.717, 1.165) is 33.1 Å². The molecule has 2 heterocycles. The quantitative estimate of drug-likeness (QED) is 0.554. The summed E-state index contributed by atoms with van der Waals surface area (Å²) in [6.07, 6.45) is 1.52. The van der Waals surface area contributed by atoms with Gasteiger partial charge in [0.2, 0.25) is 0 Å². The number of aromatic hydroxyl groups is 1. The smallest absolute Gasteiger partial charge is 0.184 e. The Balaban J connectivity index is 2.01. The maximum absolute atomic E-state index is 9.61. The maximum atomic E-state index is 9.61. The molecule has 0 fully saturated rings. The van der Waals surface area contributed by atoms with Crippen molar-refractivity contribution < 1.29 is 5.11 Å². The lowest BCUT2D eigenvalue weighted by Gasteiger charge is -2.07. The number of nitrogens with two attached hydrogens (primary N) is 1. The molecule has 0 aliphatic heterocycles. The first-order valence-corrected chi connectivity index (χ1v) is 7.76. The summed E-state index contributed by atoms with van der Waals surface area (Å²) in [5, 5.41) is 17.0. The van der Waals surface area contributed by atoms with Gasteiger partial charge in [0.25, 0.3) is 0 Å². The zero-order valence-corrected chi connectivity index (χ0v) is 13.4. The van der Waals surface area contributed by atoms with E-state index in [1.807, 2.05) is 24.3 Å². The van der Waals surface area contributed by atoms with Crippen molar-refractivity contribution in [3.8, 4) is 17.0 Å². The minimum atomic E-state index is 0.232. The second kappa shape index (κ2) is 5.19. The zero-order valence-electron chi connectivity index (χ0n) is 13.4. The van der Waals surface area contributed by atoms with Gasteiger partial charge in [-0.05, 0) is 34.9 Å². The van der Waals surface area contributed by atoms with Gasteiger partial charge in [0.05, 0.1) is 11.1 Å². The third-order valence-corrected chi connectivity index (χ3v) is 4.16. The zero-order chi connectivity index (χ0) is 16.8. The van der Waals surface area contributed by atoms with E-state index >= 15 is 0 Å². The van der Waals surface area contributed by atoms with E-state index < -0.39 is 0 Å². The second-order valence-corrected chi connectivity index (χ2v) is 6.15. The molecule has 4 rings (SSSR count). The first-order chi connectivity index (χ1) is 11.5. The highest BCUT2D eigenvalue weighted by Gasteiger charge is 2.19. The fourth-order valence-electron chi connectivity index (χ4n) is 3.02. The molecule has 3 N–H and O–H groups in total. The topological polar surface area (TPSA) is 89.9 Å². The van der Waals surface area contributed by atoms with Crippen LogP contribution in [0.1, 0.15) is 25.5 Å². The molecule has 0 bridgehead atoms. The Bertz CT molecular complexity index is 1070. The van der Waals surface area contributed by atoms with E-state index in [1.165, 1.54) is 11.1 Å². The molecule has 24 heavy (non-hydrogen) atoms. The Morgan fingerprint density at radius 3 is 2.58 bits per heavy atom. The fourth-order valence-corrected chi connectivity index (χ4v) is 3.02. The molecule has 0 unspecified atom stereocenters. The first-order valence-electron chi connectivity index (χ1n) is 7.76. The summed E-state index contributed by atoms with van der Waals surface area (Å²) in [6, 6.07) is 11.3. The number of aromatic nitrogens is 4. The molecule has 6 nitrogen and oxygen atoms in total. The summed E-state index contributed by atoms with van der Waals surface area (Å²) in [7, 11) is 0. The lowest BCUT2D eigenvalue weighted by Crippen LogP contribution is -2.10. The molecule has 6 heteroatoms. The van der Waals surface area contributed by atoms with Crippen molar-refractivity contribution in [3.05, 3.63) is 48.4 Å². The predicted molar refractivity (Wildman–Crippen MR) is 94.2 cm³/mol. The molecule has 0 saturated heterocycles. The predicted octanol–water partition coefficient (Wildman–Crippen LogP) is 3.19. The molecule has 0 spiro atoms. The van der Waals surface area contributed by atoms with E-state index in [0.29, 0.717) is 5.65 Å². The van der Waals surface area contributed by atoms with Gasteiger partial charge in [0.1, 0.15) is 17.8 Å². The van der Waals surface area contributed by atoms with Gasteiger partial charge >= 0.3 is 0 Å². The van der Waals surface area contributed by atoms with Gasteiger partial charge in [-0.2, -0.15) is 4.79 Å². The highest BCUT2D eigenvalue weighted by atomic mass is 16.3. The second-order valence-electron chi connectivity index (χ2n) is 6.15. The number of nitrogens with zero attached hydrogens (tertiary/aromatic N) is 4. The van der Waals surface area contributed by atoms with Gasteiger partial charge < -0.3 is 10.9 Å². The summed E-state index contributed by atoms with van der Waals surface area (Å²) in [5.74, 6) is 6.48. The van der Waals surface area contributed by atoms with Crippen LogP contribution in [0.15, 0.2) is 42.7 Å². The monoisotopic (exact) mass is 319 g/mol. The van der Waals surface area contributed by atoms with Crippen LogP contribution in [-0.2, 0) is 0 Å². The molecule has 2 aromatic carbocycles. The SMILES string of the molecule is CC(C)c1ncnc2c1c(-c1ccc3cc(O)ccc3c1)nn2N. The van der Waals surface area contributed by atoms with Gasteiger partial charge in [0, 0.05) is 5.56 Å². The molecule has 2 aromatic heterocycles. The van der Waals surface area contributed by atoms with E-state index in [2.05, 4.69) is 28.9 Å². The number of fused-ring (bicyclic) bond motifs is 2. The number of nitrogen functional groups attached to an aromatic ring is 1. The molecular formula is C18H17N5O. The van der Waals surface area contributed by atoms with Gasteiger partial charge in [0.15, 0.2) is 5.65 Å². The highest BCUT2D eigenvalue weighted by molar-refractivity contribution is 5.96. The Labute approximate surface area is 138 Å². The van der Waals surface area contributed by atoms with E-state index in [4.69, 9.17) is 5.84 Å². The van der Waals surface area contributed by atoms with Gasteiger partial charge in [-0.25, -0.2) is 9.97 Å². The van der Waals surface area contributed by atoms with Crippen LogP contribution in [0.2, 0.25) is 0 Å². The van der Waals surface area contributed by atoms with Crippen molar-refractivity contribution in [1.29, 1.82) is 0 Å². The van der Waals surface area contributed by atoms with Crippen molar-refractivity contribution in [1.82, 2.24) is 19.9 Å². The minimum Gasteiger partial charge on any atom is -0.508 e. The molecule has 4 aromatic rings. The van der Waals surface area contributed by atoms with Gasteiger partial charge in [-0.3, -0.25) is 0 Å². The van der Waals surface area contributed by atoms with Crippen molar-refractivity contribution >= 4 is 21.8 Å². The lowest BCUT2D eigenvalue weighted by molar-refractivity contribution is 0.476. The summed E-state index contributed by atoms with van der Waals surface area (Å²) >= 11 is 0. The maximum Gasteiger partial charge on any atom is 0.184 e. The summed E-state index contributed by atoms with van der Waals surface area (Å²) < 4.78 is 0. The lowest BCUT2D eigenvalue weighted by atomic mass is 10.00. The molecule has 0 atom stereocenters. The standard InChI is InChI=1S/C18H17N5O/c1-10(2)16-15-17(22-23(19)18(15)21-9-20-16)13-4-3-12-8-14(24)6-5-11(12)7-13/h3-10,24H,19H2,1-2H3. The summed E-state index contributed by atoms with van der Waals surface area (Å²) in [4.78, 5) is 10.0. The van der Waals surface area contributed by atoms with Crippen molar-refractivity contribution in [2.75, 3.05) is 5.84 Å². The average Bonchev–Trinajstić information content (AvgIpc) is 2.91. The van der Waals surface area contributed by atoms with E-state index in [9.17, 15) is 5.11 Å². The molecule has 0 amide bonds. The summed E-state index contributed by atoms with van der Waals surface area (Å²) in [5.41, 5.74) is 3.26. The number of hydrogen-bond donors (Lipinski definition) is 2. The van der Waals surface area contributed by atoms with Gasteiger partial charge in [-0.1, -0.05) is 32.0 Å². The Morgan fingerprint density at radius 2 is 1.79 bits per heavy atom. The molecule has 0 radical (unpaired) electrons. The number of benzene rings is 2. The molecular weight excluding hydrogens is 302 g/mol. The van der Waals surface area contributed by atoms with E-state index in [1.54, 1.807) is 12.1 Å².